The lowest BCUT2D eigenvalue weighted by Crippen LogP contribution is -2.29. The van der Waals surface area contributed by atoms with Crippen molar-refractivity contribution >= 4 is 12.4 Å². The van der Waals surface area contributed by atoms with E-state index < -0.39 is 0 Å². The van der Waals surface area contributed by atoms with Gasteiger partial charge in [-0.05, 0) is 24.5 Å². The predicted molar refractivity (Wildman–Crippen MR) is 57.8 cm³/mol. The summed E-state index contributed by atoms with van der Waals surface area (Å²) < 4.78 is 0. The number of rotatable bonds is 0. The maximum absolute atomic E-state index is 5.96. The van der Waals surface area contributed by atoms with Gasteiger partial charge in [0.25, 0.3) is 0 Å². The lowest BCUT2D eigenvalue weighted by Gasteiger charge is -2.22. The van der Waals surface area contributed by atoms with Gasteiger partial charge < -0.3 is 11.1 Å². The van der Waals surface area contributed by atoms with Crippen LogP contribution in [-0.2, 0) is 0 Å². The fourth-order valence-corrected chi connectivity index (χ4v) is 1.71. The summed E-state index contributed by atoms with van der Waals surface area (Å²) >= 11 is 0. The van der Waals surface area contributed by atoms with Crippen molar-refractivity contribution in [3.05, 3.63) is 35.6 Å². The van der Waals surface area contributed by atoms with Crippen LogP contribution in [0.2, 0.25) is 0 Å². The summed E-state index contributed by atoms with van der Waals surface area (Å²) in [5.74, 6) is 0. The molecule has 2 aliphatic rings. The number of hydrogen-bond acceptors (Lipinski definition) is 2. The van der Waals surface area contributed by atoms with E-state index in [2.05, 4.69) is 11.4 Å². The zero-order valence-corrected chi connectivity index (χ0v) is 8.31. The second-order valence-corrected chi connectivity index (χ2v) is 3.24. The summed E-state index contributed by atoms with van der Waals surface area (Å²) in [5.41, 5.74) is 8.55. The van der Waals surface area contributed by atoms with Crippen molar-refractivity contribution in [1.82, 2.24) is 5.32 Å². The van der Waals surface area contributed by atoms with Gasteiger partial charge in [-0.25, -0.2) is 0 Å². The number of nitrogens with one attached hydrogen (secondary N) is 1. The van der Waals surface area contributed by atoms with Crippen LogP contribution >= 0.6 is 12.4 Å². The number of allylic oxidation sites excluding steroid dienone is 3. The van der Waals surface area contributed by atoms with Crippen LogP contribution in [0.15, 0.2) is 35.6 Å². The lowest BCUT2D eigenvalue weighted by molar-refractivity contribution is 0.646. The van der Waals surface area contributed by atoms with Gasteiger partial charge >= 0.3 is 0 Å². The van der Waals surface area contributed by atoms with E-state index in [1.807, 2.05) is 18.2 Å². The minimum absolute atomic E-state index is 0. The highest BCUT2D eigenvalue weighted by atomic mass is 35.5. The molecule has 13 heavy (non-hydrogen) atoms. The smallest absolute Gasteiger partial charge is 0.0466 e. The van der Waals surface area contributed by atoms with Gasteiger partial charge in [-0.1, -0.05) is 18.2 Å². The van der Waals surface area contributed by atoms with E-state index in [0.29, 0.717) is 0 Å². The third kappa shape index (κ3) is 2.14. The summed E-state index contributed by atoms with van der Waals surface area (Å²) in [6.45, 7) is 1.08. The van der Waals surface area contributed by atoms with Gasteiger partial charge in [-0.3, -0.25) is 0 Å². The molecule has 1 heterocycles. The van der Waals surface area contributed by atoms with Gasteiger partial charge in [0, 0.05) is 18.3 Å². The van der Waals surface area contributed by atoms with Gasteiger partial charge in [0.05, 0.1) is 0 Å². The Morgan fingerprint density at radius 3 is 3.08 bits per heavy atom. The predicted octanol–water partition coefficient (Wildman–Crippen LogP) is 1.50. The Bertz CT molecular complexity index is 266. The quantitative estimate of drug-likeness (QED) is 0.619. The number of halogens is 1. The molecule has 2 rings (SSSR count). The van der Waals surface area contributed by atoms with E-state index in [-0.39, 0.29) is 18.4 Å². The standard InChI is InChI=1S/C10H14N2.ClH/c11-9-5-1-2-6-10-8(9)4-3-7-12-10;/h1-2,5-6,9,12H,3-4,7,11H2;1H. The van der Waals surface area contributed by atoms with Gasteiger partial charge in [0.2, 0.25) is 0 Å². The van der Waals surface area contributed by atoms with Crippen LogP contribution in [0.5, 0.6) is 0 Å². The topological polar surface area (TPSA) is 38.0 Å². The molecule has 0 saturated carbocycles. The summed E-state index contributed by atoms with van der Waals surface area (Å²) in [7, 11) is 0. The third-order valence-electron chi connectivity index (χ3n) is 2.38. The SMILES string of the molecule is Cl.NC1C=CC=CC2=C1CCCN2. The molecule has 0 aromatic heterocycles. The second kappa shape index (κ2) is 4.49. The fraction of sp³-hybridized carbons (Fsp3) is 0.400. The van der Waals surface area contributed by atoms with Crippen LogP contribution in [0.4, 0.5) is 0 Å². The highest BCUT2D eigenvalue weighted by molar-refractivity contribution is 5.85. The minimum Gasteiger partial charge on any atom is -0.385 e. The van der Waals surface area contributed by atoms with E-state index in [0.717, 1.165) is 13.0 Å². The molecule has 3 heteroatoms. The molecule has 1 atom stereocenters. The first kappa shape index (κ1) is 10.4. The Morgan fingerprint density at radius 1 is 1.38 bits per heavy atom. The van der Waals surface area contributed by atoms with Crippen LogP contribution in [-0.4, -0.2) is 12.6 Å². The zero-order chi connectivity index (χ0) is 8.39. The van der Waals surface area contributed by atoms with E-state index in [1.54, 1.807) is 0 Å². The molecule has 0 aromatic carbocycles. The largest absolute Gasteiger partial charge is 0.385 e. The van der Waals surface area contributed by atoms with Crippen LogP contribution in [0.25, 0.3) is 0 Å². The van der Waals surface area contributed by atoms with Crippen molar-refractivity contribution in [3.63, 3.8) is 0 Å². The van der Waals surface area contributed by atoms with Crippen LogP contribution in [0.3, 0.4) is 0 Å². The first-order valence-corrected chi connectivity index (χ1v) is 4.45. The molecule has 1 aliphatic carbocycles. The van der Waals surface area contributed by atoms with E-state index in [4.69, 9.17) is 5.73 Å². The molecule has 0 spiro atoms. The Kier molecular flexibility index (Phi) is 3.58. The van der Waals surface area contributed by atoms with E-state index in [1.165, 1.54) is 17.7 Å². The van der Waals surface area contributed by atoms with Gasteiger partial charge in [0.1, 0.15) is 0 Å². The Hall–Kier alpha value is -0.730. The van der Waals surface area contributed by atoms with Crippen molar-refractivity contribution in [2.24, 2.45) is 5.73 Å². The molecular weight excluding hydrogens is 184 g/mol. The van der Waals surface area contributed by atoms with Crippen molar-refractivity contribution in [3.8, 4) is 0 Å². The molecule has 72 valence electrons. The molecular formula is C10H15ClN2. The monoisotopic (exact) mass is 198 g/mol. The normalized spacial score (nSPS) is 25.8. The Morgan fingerprint density at radius 2 is 2.23 bits per heavy atom. The molecule has 0 fully saturated rings. The van der Waals surface area contributed by atoms with Gasteiger partial charge in [-0.2, -0.15) is 0 Å². The fourth-order valence-electron chi connectivity index (χ4n) is 1.71. The van der Waals surface area contributed by atoms with E-state index >= 15 is 0 Å². The molecule has 0 radical (unpaired) electrons. The molecule has 2 nitrogen and oxygen atoms in total. The van der Waals surface area contributed by atoms with E-state index in [9.17, 15) is 0 Å². The van der Waals surface area contributed by atoms with Crippen molar-refractivity contribution in [2.45, 2.75) is 18.9 Å². The minimum atomic E-state index is 0. The lowest BCUT2D eigenvalue weighted by atomic mass is 9.98. The summed E-state index contributed by atoms with van der Waals surface area (Å²) in [6, 6.07) is 0.114. The third-order valence-corrected chi connectivity index (χ3v) is 2.38. The molecule has 1 aliphatic heterocycles. The van der Waals surface area contributed by atoms with Crippen LogP contribution < -0.4 is 11.1 Å². The molecule has 3 N–H and O–H groups in total. The first-order valence-electron chi connectivity index (χ1n) is 4.45. The van der Waals surface area contributed by atoms with Crippen molar-refractivity contribution in [2.75, 3.05) is 6.54 Å². The number of nitrogens with two attached hydrogens (primary N) is 1. The average Bonchev–Trinajstić information content (AvgIpc) is 2.29. The number of hydrogen-bond donors (Lipinski definition) is 2. The van der Waals surface area contributed by atoms with Gasteiger partial charge in [-0.15, -0.1) is 12.4 Å². The van der Waals surface area contributed by atoms with Crippen LogP contribution in [0, 0.1) is 0 Å². The molecule has 0 saturated heterocycles. The Labute approximate surface area is 85.0 Å². The Balaban J connectivity index is 0.000000845. The summed E-state index contributed by atoms with van der Waals surface area (Å²) in [4.78, 5) is 0. The highest BCUT2D eigenvalue weighted by Gasteiger charge is 2.15. The average molecular weight is 199 g/mol. The molecule has 0 bridgehead atoms. The van der Waals surface area contributed by atoms with Gasteiger partial charge in [0.15, 0.2) is 0 Å². The molecule has 1 unspecified atom stereocenters. The summed E-state index contributed by atoms with van der Waals surface area (Å²) in [6.07, 6.45) is 10.6. The summed E-state index contributed by atoms with van der Waals surface area (Å²) in [5, 5.41) is 3.36. The van der Waals surface area contributed by atoms with Crippen molar-refractivity contribution < 1.29 is 0 Å². The van der Waals surface area contributed by atoms with Crippen LogP contribution in [0.1, 0.15) is 12.8 Å². The maximum Gasteiger partial charge on any atom is 0.0466 e. The second-order valence-electron chi connectivity index (χ2n) is 3.24. The molecule has 0 amide bonds. The zero-order valence-electron chi connectivity index (χ0n) is 7.49. The van der Waals surface area contributed by atoms with Crippen molar-refractivity contribution in [1.29, 1.82) is 0 Å². The highest BCUT2D eigenvalue weighted by Crippen LogP contribution is 2.20. The first-order chi connectivity index (χ1) is 5.88. The molecule has 0 aromatic rings. The maximum atomic E-state index is 5.96.